The number of nitrogens with one attached hydrogen (secondary N) is 2. The van der Waals surface area contributed by atoms with Crippen LogP contribution in [-0.2, 0) is 35.1 Å². The molecule has 0 spiro atoms. The first kappa shape index (κ1) is 38.2. The highest BCUT2D eigenvalue weighted by Crippen LogP contribution is 2.24. The number of halogens is 1. The van der Waals surface area contributed by atoms with Gasteiger partial charge in [0, 0.05) is 35.9 Å². The summed E-state index contributed by atoms with van der Waals surface area (Å²) < 4.78 is 11.7. The molecule has 0 saturated heterocycles. The fourth-order valence-corrected chi connectivity index (χ4v) is 5.16. The van der Waals surface area contributed by atoms with Crippen LogP contribution in [-0.4, -0.2) is 54.3 Å². The molecule has 0 aliphatic carbocycles. The van der Waals surface area contributed by atoms with E-state index in [1.165, 1.54) is 13.0 Å². The van der Waals surface area contributed by atoms with Gasteiger partial charge < -0.3 is 20.1 Å². The normalized spacial score (nSPS) is 22.4. The van der Waals surface area contributed by atoms with Crippen molar-refractivity contribution in [2.24, 2.45) is 17.3 Å². The van der Waals surface area contributed by atoms with Gasteiger partial charge in [0.25, 0.3) is 0 Å². The highest BCUT2D eigenvalue weighted by molar-refractivity contribution is 6.31. The zero-order valence-electron chi connectivity index (χ0n) is 28.8. The van der Waals surface area contributed by atoms with E-state index in [1.54, 1.807) is 38.1 Å². The lowest BCUT2D eigenvalue weighted by atomic mass is 9.93. The SMILES string of the molecule is CC(=O)c1ccc(/C=C/C(C)C2C/C=C/C(=O)NC(Cc3ccc(C)c(Cl)c3)C(=O)NCC(C)(C)C(=O)OC(CC(C)C)C(=O)O2)cc1. The number of carbonyl (C=O) groups excluding carboxylic acids is 5. The molecule has 0 saturated carbocycles. The Labute approximate surface area is 288 Å². The summed E-state index contributed by atoms with van der Waals surface area (Å²) in [7, 11) is 0. The molecule has 0 aromatic heterocycles. The number of benzene rings is 2. The maximum Gasteiger partial charge on any atom is 0.347 e. The summed E-state index contributed by atoms with van der Waals surface area (Å²) in [6.45, 7) is 12.2. The van der Waals surface area contributed by atoms with Crippen molar-refractivity contribution in [1.29, 1.82) is 0 Å². The average Bonchev–Trinajstić information content (AvgIpc) is 3.02. The Kier molecular flexibility index (Phi) is 13.7. The smallest absolute Gasteiger partial charge is 0.347 e. The molecular weight excluding hydrogens is 632 g/mol. The minimum absolute atomic E-state index is 0.0112. The number of esters is 2. The standard InChI is InChI=1S/C38H47ClN2O7/c1-23(2)19-33-36(45)47-32(25(4)12-13-27-15-17-29(18-16-27)26(5)42)9-8-10-34(43)41-31(21-28-14-11-24(3)30(39)20-28)35(44)40-22-38(6,7)37(46)48-33/h8,10-18,20,23,25,31-33H,9,19,21-22H2,1-7H3,(H,40,44)(H,41,43)/b10-8+,13-12+. The van der Waals surface area contributed by atoms with Crippen LogP contribution in [0.25, 0.3) is 6.08 Å². The van der Waals surface area contributed by atoms with E-state index < -0.39 is 47.4 Å². The zero-order valence-corrected chi connectivity index (χ0v) is 29.6. The van der Waals surface area contributed by atoms with Crippen LogP contribution in [0.5, 0.6) is 0 Å². The van der Waals surface area contributed by atoms with Gasteiger partial charge in [-0.25, -0.2) is 4.79 Å². The molecular formula is C38H47ClN2O7. The summed E-state index contributed by atoms with van der Waals surface area (Å²) in [6, 6.07) is 11.6. The van der Waals surface area contributed by atoms with Crippen molar-refractivity contribution < 1.29 is 33.4 Å². The summed E-state index contributed by atoms with van der Waals surface area (Å²) in [6.07, 6.45) is 5.37. The summed E-state index contributed by atoms with van der Waals surface area (Å²) in [4.78, 5) is 65.1. The minimum Gasteiger partial charge on any atom is -0.459 e. The van der Waals surface area contributed by atoms with E-state index in [2.05, 4.69) is 10.6 Å². The van der Waals surface area contributed by atoms with E-state index >= 15 is 0 Å². The Morgan fingerprint density at radius 2 is 1.73 bits per heavy atom. The van der Waals surface area contributed by atoms with Crippen LogP contribution in [0.2, 0.25) is 5.02 Å². The van der Waals surface area contributed by atoms with Crippen LogP contribution in [0.15, 0.2) is 60.7 Å². The summed E-state index contributed by atoms with van der Waals surface area (Å²) in [5, 5.41) is 6.09. The van der Waals surface area contributed by atoms with Gasteiger partial charge >= 0.3 is 11.9 Å². The summed E-state index contributed by atoms with van der Waals surface area (Å²) >= 11 is 6.32. The number of aryl methyl sites for hydroxylation is 1. The molecule has 258 valence electrons. The van der Waals surface area contributed by atoms with Gasteiger partial charge in [-0.2, -0.15) is 0 Å². The van der Waals surface area contributed by atoms with E-state index in [0.29, 0.717) is 10.6 Å². The maximum absolute atomic E-state index is 13.5. The minimum atomic E-state index is -1.20. The first-order valence-electron chi connectivity index (χ1n) is 16.3. The Balaban J connectivity index is 1.93. The third kappa shape index (κ3) is 11.5. The molecule has 2 aromatic rings. The monoisotopic (exact) mass is 678 g/mol. The second kappa shape index (κ2) is 17.2. The number of carbonyl (C=O) groups is 5. The topological polar surface area (TPSA) is 128 Å². The second-order valence-electron chi connectivity index (χ2n) is 13.5. The van der Waals surface area contributed by atoms with Crippen molar-refractivity contribution >= 4 is 47.2 Å². The number of cyclic esters (lactones) is 2. The predicted octanol–water partition coefficient (Wildman–Crippen LogP) is 6.20. The first-order valence-corrected chi connectivity index (χ1v) is 16.6. The Bertz CT molecular complexity index is 1540. The second-order valence-corrected chi connectivity index (χ2v) is 13.9. The number of amides is 2. The zero-order chi connectivity index (χ0) is 35.6. The molecule has 0 radical (unpaired) electrons. The Morgan fingerprint density at radius 1 is 1.04 bits per heavy atom. The van der Waals surface area contributed by atoms with Crippen LogP contribution < -0.4 is 10.6 Å². The number of rotatable bonds is 8. The molecule has 2 aromatic carbocycles. The molecule has 48 heavy (non-hydrogen) atoms. The van der Waals surface area contributed by atoms with E-state index in [-0.39, 0.29) is 43.4 Å². The average molecular weight is 679 g/mol. The molecule has 2 N–H and O–H groups in total. The van der Waals surface area contributed by atoms with Gasteiger partial charge in [-0.3, -0.25) is 19.2 Å². The van der Waals surface area contributed by atoms with Crippen molar-refractivity contribution in [3.05, 3.63) is 88.0 Å². The number of ketones is 1. The van der Waals surface area contributed by atoms with Gasteiger partial charge in [-0.1, -0.05) is 87.0 Å². The number of Topliss-reactive ketones (excluding diaryl/α,β-unsaturated/α-hetero) is 1. The van der Waals surface area contributed by atoms with Crippen LogP contribution in [0, 0.1) is 24.2 Å². The fraction of sp³-hybridized carbons (Fsp3) is 0.447. The highest BCUT2D eigenvalue weighted by atomic mass is 35.5. The molecule has 10 heteroatoms. The molecule has 1 heterocycles. The third-order valence-electron chi connectivity index (χ3n) is 8.16. The molecule has 1 aliphatic rings. The number of hydrogen-bond acceptors (Lipinski definition) is 7. The Morgan fingerprint density at radius 3 is 2.35 bits per heavy atom. The molecule has 1 aliphatic heterocycles. The van der Waals surface area contributed by atoms with Gasteiger partial charge in [-0.05, 0) is 68.9 Å². The van der Waals surface area contributed by atoms with Gasteiger partial charge in [0.2, 0.25) is 11.8 Å². The Hall–Kier alpha value is -4.24. The van der Waals surface area contributed by atoms with E-state index in [4.69, 9.17) is 21.1 Å². The van der Waals surface area contributed by atoms with Crippen molar-refractivity contribution in [2.75, 3.05) is 6.54 Å². The lowest BCUT2D eigenvalue weighted by Crippen LogP contribution is -2.51. The molecule has 9 nitrogen and oxygen atoms in total. The fourth-order valence-electron chi connectivity index (χ4n) is 4.96. The van der Waals surface area contributed by atoms with Crippen molar-refractivity contribution in [3.8, 4) is 0 Å². The lowest BCUT2D eigenvalue weighted by Gasteiger charge is -2.29. The lowest BCUT2D eigenvalue weighted by molar-refractivity contribution is -0.178. The van der Waals surface area contributed by atoms with Crippen LogP contribution in [0.3, 0.4) is 0 Å². The highest BCUT2D eigenvalue weighted by Gasteiger charge is 2.37. The van der Waals surface area contributed by atoms with E-state index in [1.807, 2.05) is 64.1 Å². The van der Waals surface area contributed by atoms with E-state index in [9.17, 15) is 24.0 Å². The van der Waals surface area contributed by atoms with Crippen LogP contribution >= 0.6 is 11.6 Å². The van der Waals surface area contributed by atoms with Gasteiger partial charge in [0.1, 0.15) is 12.1 Å². The van der Waals surface area contributed by atoms with E-state index in [0.717, 1.165) is 16.7 Å². The molecule has 2 amide bonds. The largest absolute Gasteiger partial charge is 0.459 e. The molecule has 0 fully saturated rings. The van der Waals surface area contributed by atoms with Crippen LogP contribution in [0.1, 0.15) is 81.4 Å². The van der Waals surface area contributed by atoms with Crippen molar-refractivity contribution in [3.63, 3.8) is 0 Å². The molecule has 4 unspecified atom stereocenters. The number of hydrogen-bond donors (Lipinski definition) is 2. The van der Waals surface area contributed by atoms with Gasteiger partial charge in [0.05, 0.1) is 5.41 Å². The van der Waals surface area contributed by atoms with Gasteiger partial charge in [0.15, 0.2) is 11.9 Å². The summed E-state index contributed by atoms with van der Waals surface area (Å²) in [5.41, 5.74) is 1.90. The number of ether oxygens (including phenoxy) is 2. The van der Waals surface area contributed by atoms with Gasteiger partial charge in [-0.15, -0.1) is 0 Å². The third-order valence-corrected chi connectivity index (χ3v) is 8.57. The molecule has 0 bridgehead atoms. The van der Waals surface area contributed by atoms with Crippen molar-refractivity contribution in [1.82, 2.24) is 10.6 Å². The van der Waals surface area contributed by atoms with Crippen molar-refractivity contribution in [2.45, 2.75) is 86.0 Å². The maximum atomic E-state index is 13.5. The van der Waals surface area contributed by atoms with Crippen LogP contribution in [0.4, 0.5) is 0 Å². The molecule has 3 rings (SSSR count). The summed E-state index contributed by atoms with van der Waals surface area (Å²) in [5.74, 6) is -2.67. The quantitative estimate of drug-likeness (QED) is 0.251. The molecule has 4 atom stereocenters. The predicted molar refractivity (Wildman–Crippen MR) is 186 cm³/mol. The first-order chi connectivity index (χ1) is 22.5.